The molecule has 44 valence electrons. The van der Waals surface area contributed by atoms with Crippen LogP contribution in [0, 0.1) is 0 Å². The van der Waals surface area contributed by atoms with Crippen LogP contribution in [0.5, 0.6) is 0 Å². The van der Waals surface area contributed by atoms with Crippen molar-refractivity contribution in [2.45, 2.75) is 25.1 Å². The van der Waals surface area contributed by atoms with E-state index in [4.69, 9.17) is 0 Å². The molecule has 0 N–H and O–H groups in total. The van der Waals surface area contributed by atoms with E-state index in [0.29, 0.717) is 6.42 Å². The van der Waals surface area contributed by atoms with Crippen molar-refractivity contribution in [3.05, 3.63) is 0 Å². The summed E-state index contributed by atoms with van der Waals surface area (Å²) in [5.41, 5.74) is 0. The van der Waals surface area contributed by atoms with Gasteiger partial charge in [-0.1, -0.05) is 6.92 Å². The Kier molecular flexibility index (Phi) is 2.51. The molecule has 0 amide bonds. The number of rotatable bonds is 2. The Labute approximate surface area is 46.5 Å². The summed E-state index contributed by atoms with van der Waals surface area (Å²) < 4.78 is 23.0. The lowest BCUT2D eigenvalue weighted by Crippen LogP contribution is -2.02. The molecule has 0 nitrogen and oxygen atoms in total. The van der Waals surface area contributed by atoms with Crippen molar-refractivity contribution in [1.29, 1.82) is 0 Å². The van der Waals surface area contributed by atoms with E-state index in [1.54, 1.807) is 6.92 Å². The van der Waals surface area contributed by atoms with Crippen molar-refractivity contribution in [1.82, 2.24) is 0 Å². The fourth-order valence-electron chi connectivity index (χ4n) is 0.283. The van der Waals surface area contributed by atoms with E-state index in [2.05, 4.69) is 11.6 Å². The second-order valence-corrected chi connectivity index (χ2v) is 1.92. The van der Waals surface area contributed by atoms with E-state index >= 15 is 0 Å². The Morgan fingerprint density at radius 3 is 2.00 bits per heavy atom. The van der Waals surface area contributed by atoms with Gasteiger partial charge in [0.25, 0.3) is 0 Å². The molecule has 0 aliphatic heterocycles. The fourth-order valence-corrected chi connectivity index (χ4v) is 0.472. The lowest BCUT2D eigenvalue weighted by atomic mass is 10.3. The van der Waals surface area contributed by atoms with E-state index in [-0.39, 0.29) is 6.42 Å². The maximum atomic E-state index is 11.5. The van der Waals surface area contributed by atoms with Crippen LogP contribution in [0.2, 0.25) is 0 Å². The summed E-state index contributed by atoms with van der Waals surface area (Å²) in [6.45, 7) is 1.66. The third-order valence-electron chi connectivity index (χ3n) is 0.533. The van der Waals surface area contributed by atoms with Gasteiger partial charge in [-0.3, -0.25) is 0 Å². The van der Waals surface area contributed by atoms with Crippen molar-refractivity contribution in [3.63, 3.8) is 0 Å². The first-order valence-electron chi connectivity index (χ1n) is 2.13. The van der Waals surface area contributed by atoms with Gasteiger partial charge in [0.2, 0.25) is 0 Å². The molecule has 0 atom stereocenters. The van der Waals surface area contributed by atoms with E-state index < -0.39 is 5.38 Å². The van der Waals surface area contributed by atoms with E-state index in [1.807, 2.05) is 0 Å². The summed E-state index contributed by atoms with van der Waals surface area (Å²) in [7, 11) is 0. The summed E-state index contributed by atoms with van der Waals surface area (Å²) in [6.07, 6.45) is 0.199. The van der Waals surface area contributed by atoms with Gasteiger partial charge in [-0.2, -0.15) is 8.78 Å². The molecule has 0 saturated heterocycles. The molecular formula is C4H7ClF2. The van der Waals surface area contributed by atoms with Gasteiger partial charge in [-0.05, 0) is 18.0 Å². The Hall–Kier alpha value is 0.150. The molecule has 0 aliphatic rings. The third-order valence-corrected chi connectivity index (χ3v) is 0.722. The van der Waals surface area contributed by atoms with Gasteiger partial charge in [-0.15, -0.1) is 0 Å². The van der Waals surface area contributed by atoms with Gasteiger partial charge < -0.3 is 0 Å². The maximum absolute atomic E-state index is 11.5. The van der Waals surface area contributed by atoms with Crippen LogP contribution in [-0.4, -0.2) is 5.38 Å². The Bertz CT molecular complexity index is 48.1. The van der Waals surface area contributed by atoms with Gasteiger partial charge in [0.05, 0.1) is 0 Å². The summed E-state index contributed by atoms with van der Waals surface area (Å²) in [5.74, 6) is 0. The van der Waals surface area contributed by atoms with Crippen molar-refractivity contribution < 1.29 is 8.78 Å². The first-order valence-corrected chi connectivity index (χ1v) is 2.51. The Morgan fingerprint density at radius 1 is 1.57 bits per heavy atom. The molecule has 0 unspecified atom stereocenters. The second kappa shape index (κ2) is 2.46. The molecule has 3 heteroatoms. The molecular weight excluding hydrogens is 121 g/mol. The smallest absolute Gasteiger partial charge is 0.188 e. The van der Waals surface area contributed by atoms with Gasteiger partial charge in [-0.25, -0.2) is 0 Å². The van der Waals surface area contributed by atoms with Crippen LogP contribution in [0.1, 0.15) is 19.8 Å². The highest BCUT2D eigenvalue weighted by Gasteiger charge is 2.21. The summed E-state index contributed by atoms with van der Waals surface area (Å²) in [6, 6.07) is 0. The summed E-state index contributed by atoms with van der Waals surface area (Å²) in [5, 5.41) is -2.98. The summed E-state index contributed by atoms with van der Waals surface area (Å²) >= 11 is 4.50. The zero-order valence-corrected chi connectivity index (χ0v) is 4.80. The number of halogens is 3. The minimum absolute atomic E-state index is 0.228. The number of hydrogen-bond donors (Lipinski definition) is 0. The third kappa shape index (κ3) is 6.15. The predicted octanol–water partition coefficient (Wildman–Crippen LogP) is 2.62. The zero-order chi connectivity index (χ0) is 5.91. The number of alkyl halides is 3. The average molecular weight is 129 g/mol. The summed E-state index contributed by atoms with van der Waals surface area (Å²) in [4.78, 5) is 0. The molecule has 0 aromatic rings. The molecule has 0 radical (unpaired) electrons. The normalized spacial score (nSPS) is 12.0. The standard InChI is InChI=1S/C4H7ClF2/c1-2-3-4(5,6)7/h2-3H2,1H3. The molecule has 0 heterocycles. The SMILES string of the molecule is CCCC(F)(F)Cl. The van der Waals surface area contributed by atoms with E-state index in [9.17, 15) is 8.78 Å². The maximum Gasteiger partial charge on any atom is 0.321 e. The van der Waals surface area contributed by atoms with Crippen LogP contribution >= 0.6 is 11.6 Å². The zero-order valence-electron chi connectivity index (χ0n) is 4.05. The van der Waals surface area contributed by atoms with E-state index in [1.165, 1.54) is 0 Å². The Morgan fingerprint density at radius 2 is 2.00 bits per heavy atom. The van der Waals surface area contributed by atoms with Crippen molar-refractivity contribution >= 4 is 11.6 Å². The molecule has 0 rings (SSSR count). The highest BCUT2D eigenvalue weighted by Crippen LogP contribution is 2.23. The lowest BCUT2D eigenvalue weighted by molar-refractivity contribution is 0.0853. The molecule has 0 aromatic heterocycles. The molecule has 0 aromatic carbocycles. The quantitative estimate of drug-likeness (QED) is 0.502. The molecule has 0 fully saturated rings. The highest BCUT2D eigenvalue weighted by molar-refractivity contribution is 6.21. The second-order valence-electron chi connectivity index (χ2n) is 1.37. The fraction of sp³-hybridized carbons (Fsp3) is 1.00. The largest absolute Gasteiger partial charge is 0.321 e. The minimum Gasteiger partial charge on any atom is -0.188 e. The molecule has 0 saturated carbocycles. The van der Waals surface area contributed by atoms with Gasteiger partial charge >= 0.3 is 5.38 Å². The van der Waals surface area contributed by atoms with Crippen LogP contribution in [0.4, 0.5) is 8.78 Å². The van der Waals surface area contributed by atoms with Crippen LogP contribution in [0.15, 0.2) is 0 Å². The minimum atomic E-state index is -2.98. The molecule has 0 aliphatic carbocycles. The van der Waals surface area contributed by atoms with Gasteiger partial charge in [0, 0.05) is 6.42 Å². The van der Waals surface area contributed by atoms with Crippen LogP contribution in [0.25, 0.3) is 0 Å². The Balaban J connectivity index is 3.15. The first kappa shape index (κ1) is 7.15. The first-order chi connectivity index (χ1) is 3.06. The topological polar surface area (TPSA) is 0 Å². The molecule has 0 spiro atoms. The van der Waals surface area contributed by atoms with Crippen molar-refractivity contribution in [2.75, 3.05) is 0 Å². The van der Waals surface area contributed by atoms with E-state index in [0.717, 1.165) is 0 Å². The highest BCUT2D eigenvalue weighted by atomic mass is 35.5. The average Bonchev–Trinajstić information content (AvgIpc) is 1.30. The van der Waals surface area contributed by atoms with Crippen molar-refractivity contribution in [2.24, 2.45) is 0 Å². The van der Waals surface area contributed by atoms with Crippen molar-refractivity contribution in [3.8, 4) is 0 Å². The molecule has 0 bridgehead atoms. The predicted molar refractivity (Wildman–Crippen MR) is 25.7 cm³/mol. The van der Waals surface area contributed by atoms with Gasteiger partial charge in [0.1, 0.15) is 0 Å². The van der Waals surface area contributed by atoms with Crippen LogP contribution < -0.4 is 0 Å². The van der Waals surface area contributed by atoms with Gasteiger partial charge in [0.15, 0.2) is 0 Å². The van der Waals surface area contributed by atoms with Crippen LogP contribution in [-0.2, 0) is 0 Å². The monoisotopic (exact) mass is 128 g/mol. The number of hydrogen-bond acceptors (Lipinski definition) is 0. The molecule has 7 heavy (non-hydrogen) atoms. The van der Waals surface area contributed by atoms with Crippen LogP contribution in [0.3, 0.4) is 0 Å². The lowest BCUT2D eigenvalue weighted by Gasteiger charge is -2.02.